The number of hydrogen-bond acceptors (Lipinski definition) is 2. The zero-order valence-electron chi connectivity index (χ0n) is 13.4. The highest BCUT2D eigenvalue weighted by atomic mass is 32.1. The molecule has 2 rings (SSSR count). The lowest BCUT2D eigenvalue weighted by molar-refractivity contribution is -0.858. The molecule has 0 atom stereocenters. The van der Waals surface area contributed by atoms with Crippen LogP contribution in [-0.4, -0.2) is 63.4 Å². The van der Waals surface area contributed by atoms with E-state index in [-0.39, 0.29) is 5.82 Å². The maximum Gasteiger partial charge on any atom is 0.169 e. The Hall–Kier alpha value is -1.40. The van der Waals surface area contributed by atoms with Gasteiger partial charge in [0.2, 0.25) is 0 Å². The van der Waals surface area contributed by atoms with E-state index >= 15 is 0 Å². The summed E-state index contributed by atoms with van der Waals surface area (Å²) in [6, 6.07) is 6.71. The van der Waals surface area contributed by atoms with Gasteiger partial charge in [-0.25, -0.2) is 4.39 Å². The first-order valence-corrected chi connectivity index (χ1v) is 8.29. The molecule has 0 saturated carbocycles. The van der Waals surface area contributed by atoms with E-state index in [2.05, 4.69) is 29.2 Å². The van der Waals surface area contributed by atoms with E-state index in [9.17, 15) is 4.39 Å². The van der Waals surface area contributed by atoms with Gasteiger partial charge in [0, 0.05) is 44.8 Å². The first-order chi connectivity index (χ1) is 10.6. The minimum atomic E-state index is -0.188. The van der Waals surface area contributed by atoms with E-state index in [4.69, 9.17) is 12.2 Å². The van der Waals surface area contributed by atoms with Gasteiger partial charge < -0.3 is 20.0 Å². The quantitative estimate of drug-likeness (QED) is 0.603. The van der Waals surface area contributed by atoms with Gasteiger partial charge in [0.1, 0.15) is 5.82 Å². The van der Waals surface area contributed by atoms with Crippen LogP contribution in [-0.2, 0) is 0 Å². The Morgan fingerprint density at radius 1 is 1.18 bits per heavy atom. The van der Waals surface area contributed by atoms with E-state index in [1.54, 1.807) is 0 Å². The molecule has 4 nitrogen and oxygen atoms in total. The van der Waals surface area contributed by atoms with Crippen LogP contribution in [0.25, 0.3) is 0 Å². The summed E-state index contributed by atoms with van der Waals surface area (Å²) in [4.78, 5) is 5.95. The average Bonchev–Trinajstić information content (AvgIpc) is 2.52. The summed E-state index contributed by atoms with van der Waals surface area (Å²) < 4.78 is 13.0. The normalized spacial score (nSPS) is 15.3. The summed E-state index contributed by atoms with van der Waals surface area (Å²) in [6.45, 7) is 5.71. The van der Waals surface area contributed by atoms with E-state index in [0.717, 1.165) is 56.5 Å². The van der Waals surface area contributed by atoms with Crippen LogP contribution in [0.3, 0.4) is 0 Å². The van der Waals surface area contributed by atoms with Gasteiger partial charge in [0.25, 0.3) is 0 Å². The fraction of sp³-hybridized carbons (Fsp3) is 0.562. The Morgan fingerprint density at radius 2 is 1.82 bits per heavy atom. The zero-order valence-corrected chi connectivity index (χ0v) is 14.3. The molecule has 0 radical (unpaired) electrons. The number of rotatable bonds is 5. The molecule has 2 N–H and O–H groups in total. The molecule has 0 aliphatic carbocycles. The summed E-state index contributed by atoms with van der Waals surface area (Å²) in [5.74, 6) is -0.188. The maximum atomic E-state index is 13.0. The third-order valence-corrected chi connectivity index (χ3v) is 4.29. The van der Waals surface area contributed by atoms with Crippen molar-refractivity contribution in [1.29, 1.82) is 0 Å². The molecular formula is C16H26FN4S+. The Morgan fingerprint density at radius 3 is 2.41 bits per heavy atom. The summed E-state index contributed by atoms with van der Waals surface area (Å²) >= 11 is 5.47. The molecule has 1 fully saturated rings. The molecule has 1 aliphatic rings. The molecule has 0 bridgehead atoms. The number of anilines is 1. The summed E-state index contributed by atoms with van der Waals surface area (Å²) in [7, 11) is 4.32. The van der Waals surface area contributed by atoms with Gasteiger partial charge in [0.05, 0.1) is 20.6 Å². The topological polar surface area (TPSA) is 23.0 Å². The van der Waals surface area contributed by atoms with Crippen molar-refractivity contribution < 1.29 is 9.29 Å². The molecular weight excluding hydrogens is 299 g/mol. The third-order valence-electron chi connectivity index (χ3n) is 3.89. The van der Waals surface area contributed by atoms with Gasteiger partial charge in [-0.05, 0) is 36.5 Å². The van der Waals surface area contributed by atoms with Crippen molar-refractivity contribution >= 4 is 23.0 Å². The molecule has 1 saturated heterocycles. The second kappa shape index (κ2) is 8.29. The number of benzene rings is 1. The molecule has 122 valence electrons. The Balaban J connectivity index is 1.72. The fourth-order valence-corrected chi connectivity index (χ4v) is 2.85. The van der Waals surface area contributed by atoms with Gasteiger partial charge in [-0.1, -0.05) is 0 Å². The van der Waals surface area contributed by atoms with Crippen LogP contribution in [0.1, 0.15) is 6.42 Å². The largest absolute Gasteiger partial charge is 0.368 e. The molecule has 6 heteroatoms. The second-order valence-electron chi connectivity index (χ2n) is 5.99. The number of quaternary nitrogens is 1. The number of nitrogens with zero attached hydrogens (tertiary/aromatic N) is 2. The molecule has 0 unspecified atom stereocenters. The highest BCUT2D eigenvalue weighted by Crippen LogP contribution is 2.16. The summed E-state index contributed by atoms with van der Waals surface area (Å²) in [5, 5.41) is 4.20. The van der Waals surface area contributed by atoms with Crippen molar-refractivity contribution in [1.82, 2.24) is 10.2 Å². The first-order valence-electron chi connectivity index (χ1n) is 7.88. The molecule has 1 aromatic rings. The number of piperazine rings is 1. The van der Waals surface area contributed by atoms with E-state index in [1.165, 1.54) is 17.0 Å². The molecule has 0 amide bonds. The minimum Gasteiger partial charge on any atom is -0.368 e. The van der Waals surface area contributed by atoms with Crippen LogP contribution in [0.2, 0.25) is 0 Å². The van der Waals surface area contributed by atoms with Gasteiger partial charge in [-0.2, -0.15) is 0 Å². The first kappa shape index (κ1) is 17.0. The number of hydrogen-bond donors (Lipinski definition) is 2. The van der Waals surface area contributed by atoms with Crippen molar-refractivity contribution in [2.24, 2.45) is 0 Å². The van der Waals surface area contributed by atoms with Crippen molar-refractivity contribution in [3.05, 3.63) is 30.1 Å². The van der Waals surface area contributed by atoms with E-state index < -0.39 is 0 Å². The average molecular weight is 325 g/mol. The van der Waals surface area contributed by atoms with Crippen molar-refractivity contribution in [2.75, 3.05) is 58.3 Å². The lowest BCUT2D eigenvalue weighted by Gasteiger charge is -2.37. The number of halogens is 1. The molecule has 1 heterocycles. The van der Waals surface area contributed by atoms with Crippen molar-refractivity contribution in [3.63, 3.8) is 0 Å². The predicted octanol–water partition coefficient (Wildman–Crippen LogP) is 0.357. The lowest BCUT2D eigenvalue weighted by Crippen LogP contribution is -3.05. The van der Waals surface area contributed by atoms with E-state index in [0.29, 0.717) is 0 Å². The van der Waals surface area contributed by atoms with Crippen LogP contribution in [0.15, 0.2) is 24.3 Å². The summed E-state index contributed by atoms with van der Waals surface area (Å²) in [6.07, 6.45) is 1.12. The fourth-order valence-electron chi connectivity index (χ4n) is 2.57. The molecule has 22 heavy (non-hydrogen) atoms. The smallest absolute Gasteiger partial charge is 0.169 e. The second-order valence-corrected chi connectivity index (χ2v) is 6.38. The highest BCUT2D eigenvalue weighted by Gasteiger charge is 2.18. The maximum absolute atomic E-state index is 13.0. The van der Waals surface area contributed by atoms with Crippen LogP contribution in [0, 0.1) is 5.82 Å². The molecule has 1 aromatic carbocycles. The molecule has 1 aliphatic heterocycles. The van der Waals surface area contributed by atoms with Gasteiger partial charge >= 0.3 is 0 Å². The molecule has 0 aromatic heterocycles. The van der Waals surface area contributed by atoms with Gasteiger partial charge in [-0.15, -0.1) is 0 Å². The van der Waals surface area contributed by atoms with Crippen LogP contribution in [0.5, 0.6) is 0 Å². The van der Waals surface area contributed by atoms with Crippen LogP contribution >= 0.6 is 12.2 Å². The molecule has 0 spiro atoms. The minimum absolute atomic E-state index is 0.188. The van der Waals surface area contributed by atoms with E-state index in [1.807, 2.05) is 12.1 Å². The monoisotopic (exact) mass is 325 g/mol. The zero-order chi connectivity index (χ0) is 15.9. The Bertz CT molecular complexity index is 470. The summed E-state index contributed by atoms with van der Waals surface area (Å²) in [5.41, 5.74) is 1.08. The number of thiocarbonyl (C=S) groups is 1. The SMILES string of the molecule is C[NH+](C)CCCNC(=S)N1CCN(c2ccc(F)cc2)CC1. The Labute approximate surface area is 137 Å². The van der Waals surface area contributed by atoms with Crippen LogP contribution in [0.4, 0.5) is 10.1 Å². The van der Waals surface area contributed by atoms with Crippen molar-refractivity contribution in [2.45, 2.75) is 6.42 Å². The standard InChI is InChI=1S/C16H25FN4S/c1-19(2)9-3-8-18-16(22)21-12-10-20(11-13-21)15-6-4-14(17)5-7-15/h4-7H,3,8-13H2,1-2H3,(H,18,22)/p+1. The Kier molecular flexibility index (Phi) is 6.39. The number of nitrogens with one attached hydrogen (secondary N) is 2. The van der Waals surface area contributed by atoms with Gasteiger partial charge in [0.15, 0.2) is 5.11 Å². The highest BCUT2D eigenvalue weighted by molar-refractivity contribution is 7.80. The lowest BCUT2D eigenvalue weighted by atomic mass is 10.2. The third kappa shape index (κ3) is 5.10. The predicted molar refractivity (Wildman–Crippen MR) is 93.1 cm³/mol. The van der Waals surface area contributed by atoms with Crippen LogP contribution < -0.4 is 15.1 Å². The van der Waals surface area contributed by atoms with Gasteiger partial charge in [-0.3, -0.25) is 0 Å². The van der Waals surface area contributed by atoms with Crippen molar-refractivity contribution in [3.8, 4) is 0 Å².